The number of carbonyl (C=O) groups is 1. The van der Waals surface area contributed by atoms with Crippen molar-refractivity contribution < 1.29 is 27.6 Å². The predicted octanol–water partition coefficient (Wildman–Crippen LogP) is 1.87. The first-order valence-corrected chi connectivity index (χ1v) is 5.51. The van der Waals surface area contributed by atoms with Crippen LogP contribution in [0.3, 0.4) is 0 Å². The smallest absolute Gasteiger partial charge is 0.433 e. The van der Waals surface area contributed by atoms with Gasteiger partial charge in [-0.05, 0) is 13.0 Å². The maximum atomic E-state index is 12.5. The van der Waals surface area contributed by atoms with Crippen LogP contribution in [0.2, 0.25) is 0 Å². The van der Waals surface area contributed by atoms with E-state index in [0.717, 1.165) is 6.20 Å². The van der Waals surface area contributed by atoms with Gasteiger partial charge in [-0.3, -0.25) is 0 Å². The van der Waals surface area contributed by atoms with Crippen molar-refractivity contribution in [1.82, 2.24) is 25.4 Å². The maximum Gasteiger partial charge on any atom is 0.433 e. The van der Waals surface area contributed by atoms with E-state index in [1.807, 2.05) is 0 Å². The number of aromatic nitrogens is 4. The van der Waals surface area contributed by atoms with E-state index in [-0.39, 0.29) is 17.5 Å². The van der Waals surface area contributed by atoms with Gasteiger partial charge in [-0.15, -0.1) is 0 Å². The Hall–Kier alpha value is -2.72. The first-order valence-electron chi connectivity index (χ1n) is 5.51. The number of nitrogens with one attached hydrogen (secondary N) is 1. The molecule has 21 heavy (non-hydrogen) atoms. The molecule has 0 aromatic carbocycles. The van der Waals surface area contributed by atoms with Crippen molar-refractivity contribution in [2.24, 2.45) is 0 Å². The van der Waals surface area contributed by atoms with Crippen LogP contribution in [0.1, 0.15) is 24.6 Å². The molecule has 8 nitrogen and oxygen atoms in total. The molecule has 1 amide bonds. The number of rotatable bonds is 3. The fraction of sp³-hybridized carbons (Fsp3) is 0.300. The van der Waals surface area contributed by atoms with Crippen LogP contribution in [0.4, 0.5) is 18.0 Å². The highest BCUT2D eigenvalue weighted by Crippen LogP contribution is 2.28. The predicted molar refractivity (Wildman–Crippen MR) is 59.9 cm³/mol. The van der Waals surface area contributed by atoms with Gasteiger partial charge >= 0.3 is 12.3 Å². The molecular formula is C10H8F3N5O3. The molecule has 0 fully saturated rings. The minimum atomic E-state index is -4.62. The van der Waals surface area contributed by atoms with E-state index in [9.17, 15) is 18.0 Å². The lowest BCUT2D eigenvalue weighted by Crippen LogP contribution is -2.24. The zero-order valence-electron chi connectivity index (χ0n) is 10.4. The number of alkyl halides is 3. The van der Waals surface area contributed by atoms with Crippen LogP contribution >= 0.6 is 0 Å². The molecule has 2 N–H and O–H groups in total. The van der Waals surface area contributed by atoms with Gasteiger partial charge in [0.1, 0.15) is 11.7 Å². The third-order valence-electron chi connectivity index (χ3n) is 2.30. The standard InChI is InChI=1S/C10H8F3N5O3/c1-4(15-9(19)20)8-17-7(18-21-8)6-14-3-2-5(16-6)10(11,12)13/h2-4,15H,1H3,(H,19,20). The molecule has 0 spiro atoms. The van der Waals surface area contributed by atoms with Gasteiger partial charge in [-0.2, -0.15) is 18.2 Å². The van der Waals surface area contributed by atoms with Crippen molar-refractivity contribution in [3.05, 3.63) is 23.8 Å². The lowest BCUT2D eigenvalue weighted by molar-refractivity contribution is -0.141. The summed E-state index contributed by atoms with van der Waals surface area (Å²) in [4.78, 5) is 21.1. The Kier molecular flexibility index (Phi) is 3.74. The lowest BCUT2D eigenvalue weighted by atomic mass is 10.3. The molecule has 2 aromatic heterocycles. The summed E-state index contributed by atoms with van der Waals surface area (Å²) in [5.74, 6) is -0.758. The lowest BCUT2D eigenvalue weighted by Gasteiger charge is -2.05. The van der Waals surface area contributed by atoms with Gasteiger partial charge < -0.3 is 14.9 Å². The molecule has 0 saturated heterocycles. The molecule has 0 saturated carbocycles. The van der Waals surface area contributed by atoms with E-state index < -0.39 is 24.0 Å². The Morgan fingerprint density at radius 3 is 2.71 bits per heavy atom. The average molecular weight is 303 g/mol. The zero-order chi connectivity index (χ0) is 15.6. The summed E-state index contributed by atoms with van der Waals surface area (Å²) in [6, 6.07) is -0.117. The molecule has 2 rings (SSSR count). The molecule has 112 valence electrons. The third kappa shape index (κ3) is 3.43. The van der Waals surface area contributed by atoms with Gasteiger partial charge in [0.2, 0.25) is 17.5 Å². The molecule has 0 bridgehead atoms. The quantitative estimate of drug-likeness (QED) is 0.889. The molecule has 1 unspecified atom stereocenters. The van der Waals surface area contributed by atoms with E-state index in [1.165, 1.54) is 6.92 Å². The summed E-state index contributed by atoms with van der Waals surface area (Å²) in [6.07, 6.45) is -5.01. The number of carboxylic acid groups (broad SMARTS) is 1. The second-order valence-electron chi connectivity index (χ2n) is 3.89. The Labute approximate surface area is 115 Å². The highest BCUT2D eigenvalue weighted by Gasteiger charge is 2.33. The van der Waals surface area contributed by atoms with Gasteiger partial charge in [-0.25, -0.2) is 14.8 Å². The molecule has 0 aliphatic carbocycles. The Morgan fingerprint density at radius 2 is 2.10 bits per heavy atom. The highest BCUT2D eigenvalue weighted by molar-refractivity contribution is 5.64. The van der Waals surface area contributed by atoms with Crippen LogP contribution in [-0.4, -0.2) is 31.3 Å². The number of hydrogen-bond acceptors (Lipinski definition) is 6. The summed E-state index contributed by atoms with van der Waals surface area (Å²) in [5.41, 5.74) is -1.14. The molecule has 2 heterocycles. The average Bonchev–Trinajstić information content (AvgIpc) is 2.86. The Morgan fingerprint density at radius 1 is 1.38 bits per heavy atom. The topological polar surface area (TPSA) is 114 Å². The molecule has 0 aliphatic rings. The van der Waals surface area contributed by atoms with Crippen molar-refractivity contribution in [2.45, 2.75) is 19.1 Å². The van der Waals surface area contributed by atoms with Crippen LogP contribution in [0.5, 0.6) is 0 Å². The van der Waals surface area contributed by atoms with Gasteiger partial charge in [0.15, 0.2) is 0 Å². The first-order chi connectivity index (χ1) is 9.77. The fourth-order valence-electron chi connectivity index (χ4n) is 1.37. The van der Waals surface area contributed by atoms with Crippen LogP contribution in [0, 0.1) is 0 Å². The van der Waals surface area contributed by atoms with Crippen LogP contribution in [0.25, 0.3) is 11.6 Å². The zero-order valence-corrected chi connectivity index (χ0v) is 10.4. The largest absolute Gasteiger partial charge is 0.465 e. The Balaban J connectivity index is 2.28. The second-order valence-corrected chi connectivity index (χ2v) is 3.89. The minimum absolute atomic E-state index is 0.117. The second kappa shape index (κ2) is 5.34. The van der Waals surface area contributed by atoms with Crippen LogP contribution in [0.15, 0.2) is 16.8 Å². The van der Waals surface area contributed by atoms with Crippen molar-refractivity contribution in [3.63, 3.8) is 0 Å². The van der Waals surface area contributed by atoms with Gasteiger partial charge in [-0.1, -0.05) is 5.16 Å². The van der Waals surface area contributed by atoms with E-state index >= 15 is 0 Å². The molecule has 11 heteroatoms. The van der Waals surface area contributed by atoms with Crippen molar-refractivity contribution in [1.29, 1.82) is 0 Å². The molecule has 0 aliphatic heterocycles. The van der Waals surface area contributed by atoms with Crippen molar-refractivity contribution >= 4 is 6.09 Å². The minimum Gasteiger partial charge on any atom is -0.465 e. The summed E-state index contributed by atoms with van der Waals surface area (Å²) in [6.45, 7) is 1.43. The van der Waals surface area contributed by atoms with Crippen molar-refractivity contribution in [2.75, 3.05) is 0 Å². The third-order valence-corrected chi connectivity index (χ3v) is 2.30. The van der Waals surface area contributed by atoms with E-state index in [4.69, 9.17) is 9.63 Å². The number of halogens is 3. The molecule has 2 aromatic rings. The molecule has 0 radical (unpaired) electrons. The first kappa shape index (κ1) is 14.7. The maximum absolute atomic E-state index is 12.5. The van der Waals surface area contributed by atoms with Crippen LogP contribution in [-0.2, 0) is 6.18 Å². The summed E-state index contributed by atoms with van der Waals surface area (Å²) in [7, 11) is 0. The number of hydrogen-bond donors (Lipinski definition) is 2. The molecule has 1 atom stereocenters. The van der Waals surface area contributed by atoms with E-state index in [1.54, 1.807) is 0 Å². The summed E-state index contributed by atoms with van der Waals surface area (Å²) >= 11 is 0. The summed E-state index contributed by atoms with van der Waals surface area (Å²) < 4.78 is 42.4. The fourth-order valence-corrected chi connectivity index (χ4v) is 1.37. The number of nitrogens with zero attached hydrogens (tertiary/aromatic N) is 4. The van der Waals surface area contributed by atoms with Gasteiger partial charge in [0, 0.05) is 6.20 Å². The SMILES string of the molecule is CC(NC(=O)O)c1nc(-c2nccc(C(F)(F)F)n2)no1. The monoisotopic (exact) mass is 303 g/mol. The Bertz CT molecular complexity index is 657. The van der Waals surface area contributed by atoms with E-state index in [0.29, 0.717) is 6.07 Å². The summed E-state index contributed by atoms with van der Waals surface area (Å²) in [5, 5.41) is 14.0. The van der Waals surface area contributed by atoms with Gasteiger partial charge in [0.25, 0.3) is 0 Å². The van der Waals surface area contributed by atoms with Crippen LogP contribution < -0.4 is 5.32 Å². The highest BCUT2D eigenvalue weighted by atomic mass is 19.4. The van der Waals surface area contributed by atoms with E-state index in [2.05, 4.69) is 25.4 Å². The van der Waals surface area contributed by atoms with Gasteiger partial charge in [0.05, 0.1) is 0 Å². The number of amides is 1. The normalized spacial score (nSPS) is 13.0. The van der Waals surface area contributed by atoms with Crippen molar-refractivity contribution in [3.8, 4) is 11.6 Å². The molecular weight excluding hydrogens is 295 g/mol.